The highest BCUT2D eigenvalue weighted by atomic mass is 35.5. The van der Waals surface area contributed by atoms with Crippen molar-refractivity contribution in [3.8, 4) is 0 Å². The highest BCUT2D eigenvalue weighted by Crippen LogP contribution is 2.26. The van der Waals surface area contributed by atoms with Gasteiger partial charge in [0.05, 0.1) is 18.0 Å². The van der Waals surface area contributed by atoms with Gasteiger partial charge in [0.2, 0.25) is 5.55 Å². The van der Waals surface area contributed by atoms with Gasteiger partial charge in [0, 0.05) is 26.8 Å². The first-order valence-corrected chi connectivity index (χ1v) is 13.4. The molecule has 0 bridgehead atoms. The van der Waals surface area contributed by atoms with Gasteiger partial charge in [-0.1, -0.05) is 11.6 Å². The number of nitrogens with zero attached hydrogens (tertiary/aromatic N) is 2. The second-order valence-corrected chi connectivity index (χ2v) is 11.3. The molecule has 4 N–H and O–H groups in total. The number of carbonyl (C=O) groups is 1. The van der Waals surface area contributed by atoms with Crippen LogP contribution in [0.3, 0.4) is 0 Å². The third kappa shape index (κ3) is 4.94. The predicted molar refractivity (Wildman–Crippen MR) is 139 cm³/mol. The van der Waals surface area contributed by atoms with E-state index >= 15 is 0 Å². The van der Waals surface area contributed by atoms with E-state index in [-0.39, 0.29) is 16.7 Å². The van der Waals surface area contributed by atoms with Gasteiger partial charge in [-0.3, -0.25) is 9.52 Å². The molecular formula is C24H20ClN5O4S2. The number of anilines is 2. The van der Waals surface area contributed by atoms with Crippen LogP contribution in [0.5, 0.6) is 0 Å². The van der Waals surface area contributed by atoms with Crippen molar-refractivity contribution in [2.45, 2.75) is 10.8 Å². The van der Waals surface area contributed by atoms with E-state index in [2.05, 4.69) is 15.0 Å². The molecular weight excluding hydrogens is 522 g/mol. The molecule has 0 fully saturated rings. The number of fused-ring (bicyclic) bond motifs is 1. The number of carbonyl (C=O) groups excluding carboxylic acids is 1. The minimum atomic E-state index is -3.80. The Morgan fingerprint density at radius 2 is 1.83 bits per heavy atom. The maximum atomic E-state index is 12.9. The van der Waals surface area contributed by atoms with Crippen LogP contribution in [0.2, 0.25) is 5.02 Å². The van der Waals surface area contributed by atoms with Gasteiger partial charge in [-0.25, -0.2) is 13.4 Å². The van der Waals surface area contributed by atoms with Crippen molar-refractivity contribution in [3.63, 3.8) is 0 Å². The molecule has 0 radical (unpaired) electrons. The summed E-state index contributed by atoms with van der Waals surface area (Å²) in [5.74, 6) is 0.238. The average Bonchev–Trinajstić information content (AvgIpc) is 3.54. The zero-order valence-corrected chi connectivity index (χ0v) is 21.0. The van der Waals surface area contributed by atoms with Crippen LogP contribution in [0.15, 0.2) is 86.6 Å². The Morgan fingerprint density at radius 3 is 2.58 bits per heavy atom. The lowest BCUT2D eigenvalue weighted by Crippen LogP contribution is -2.42. The van der Waals surface area contributed by atoms with Gasteiger partial charge in [0.15, 0.2) is 0 Å². The van der Waals surface area contributed by atoms with Gasteiger partial charge >= 0.3 is 0 Å². The number of halogens is 1. The lowest BCUT2D eigenvalue weighted by molar-refractivity contribution is 0.0951. The minimum Gasteiger partial charge on any atom is -0.446 e. The van der Waals surface area contributed by atoms with E-state index in [0.29, 0.717) is 44.4 Å². The summed E-state index contributed by atoms with van der Waals surface area (Å²) in [5.41, 5.74) is 8.38. The summed E-state index contributed by atoms with van der Waals surface area (Å²) in [5, 5.41) is 4.03. The maximum Gasteiger partial charge on any atom is 0.271 e. The summed E-state index contributed by atoms with van der Waals surface area (Å²) < 4.78 is 33.8. The van der Waals surface area contributed by atoms with Gasteiger partial charge in [0.1, 0.15) is 16.7 Å². The summed E-state index contributed by atoms with van der Waals surface area (Å²) in [6.45, 7) is 0.498. The molecule has 1 aliphatic heterocycles. The van der Waals surface area contributed by atoms with Crippen LogP contribution in [0.25, 0.3) is 5.82 Å². The maximum absolute atomic E-state index is 12.9. The van der Waals surface area contributed by atoms with Gasteiger partial charge in [-0.05, 0) is 66.7 Å². The number of sulfonamides is 1. The van der Waals surface area contributed by atoms with Crippen molar-refractivity contribution in [1.29, 1.82) is 0 Å². The molecule has 0 atom stereocenters. The van der Waals surface area contributed by atoms with Gasteiger partial charge in [-0.2, -0.15) is 0 Å². The average molecular weight is 542 g/mol. The summed E-state index contributed by atoms with van der Waals surface area (Å²) >= 11 is 6.93. The first-order valence-electron chi connectivity index (χ1n) is 10.7. The topological polar surface area (TPSA) is 130 Å². The van der Waals surface area contributed by atoms with Crippen molar-refractivity contribution in [3.05, 3.63) is 99.2 Å². The number of nitrogens with one attached hydrogen (secondary N) is 2. The van der Waals surface area contributed by atoms with E-state index in [1.54, 1.807) is 65.6 Å². The minimum absolute atomic E-state index is 0.141. The standard InChI is InChI=1S/C24H20ClN5O4S2/c25-16-3-1-15(2-4-16)23(31)27-13-19-9-10-21(35-19)36(32,33)29-17-5-7-18(8-6-17)30-14-28-24-20(22(30)26)11-12-34-24/h1-12,29H,13-14,26H2,(H,27,31). The first-order chi connectivity index (χ1) is 17.3. The van der Waals surface area contributed by atoms with Crippen LogP contribution in [0.1, 0.15) is 15.2 Å². The summed E-state index contributed by atoms with van der Waals surface area (Å²) in [7, 11) is -3.80. The predicted octanol–water partition coefficient (Wildman–Crippen LogP) is 2.85. The molecule has 36 heavy (non-hydrogen) atoms. The van der Waals surface area contributed by atoms with E-state index in [9.17, 15) is 13.2 Å². The molecule has 0 spiro atoms. The number of rotatable bonds is 7. The number of nitrogens with two attached hydrogens (primary N) is 1. The quantitative estimate of drug-likeness (QED) is 0.330. The SMILES string of the molecule is NC1=c2ccoc2=NCN1c1ccc(NS(=O)(=O)c2ccc(CNC(=O)c3ccc(Cl)cc3)s2)cc1. The molecule has 0 saturated heterocycles. The molecule has 9 nitrogen and oxygen atoms in total. The van der Waals surface area contributed by atoms with E-state index in [4.69, 9.17) is 21.8 Å². The van der Waals surface area contributed by atoms with Gasteiger partial charge in [0.25, 0.3) is 15.9 Å². The number of hydrogen-bond acceptors (Lipinski definition) is 8. The molecule has 1 amide bonds. The Labute approximate surface area is 215 Å². The number of amides is 1. The molecule has 5 rings (SSSR count). The van der Waals surface area contributed by atoms with Crippen LogP contribution < -0.4 is 31.4 Å². The normalized spacial score (nSPS) is 13.1. The fraction of sp³-hybridized carbons (Fsp3) is 0.0833. The second-order valence-electron chi connectivity index (χ2n) is 7.81. The van der Waals surface area contributed by atoms with Gasteiger partial charge in [-0.15, -0.1) is 11.3 Å². The largest absolute Gasteiger partial charge is 0.446 e. The molecule has 0 unspecified atom stereocenters. The molecule has 1 aliphatic rings. The summed E-state index contributed by atoms with van der Waals surface area (Å²) in [4.78, 5) is 19.1. The molecule has 2 aromatic heterocycles. The van der Waals surface area contributed by atoms with Crippen molar-refractivity contribution < 1.29 is 17.6 Å². The third-order valence-corrected chi connectivity index (χ3v) is 8.64. The van der Waals surface area contributed by atoms with Crippen molar-refractivity contribution >= 4 is 56.1 Å². The zero-order chi connectivity index (χ0) is 25.3. The second kappa shape index (κ2) is 9.69. The Morgan fingerprint density at radius 1 is 1.08 bits per heavy atom. The molecule has 12 heteroatoms. The van der Waals surface area contributed by atoms with Crippen molar-refractivity contribution in [2.75, 3.05) is 16.3 Å². The Balaban J connectivity index is 1.23. The Bertz CT molecular complexity index is 1650. The molecule has 0 saturated carbocycles. The monoisotopic (exact) mass is 541 g/mol. The van der Waals surface area contributed by atoms with Gasteiger partial charge < -0.3 is 20.4 Å². The molecule has 4 aromatic rings. The van der Waals surface area contributed by atoms with Crippen molar-refractivity contribution in [2.24, 2.45) is 10.7 Å². The molecule has 2 aromatic carbocycles. The number of furan rings is 1. The van der Waals surface area contributed by atoms with E-state index in [1.165, 1.54) is 12.3 Å². The highest BCUT2D eigenvalue weighted by molar-refractivity contribution is 7.94. The smallest absolute Gasteiger partial charge is 0.271 e. The van der Waals surface area contributed by atoms with Crippen LogP contribution in [-0.4, -0.2) is 21.0 Å². The van der Waals surface area contributed by atoms with Crippen LogP contribution in [-0.2, 0) is 16.6 Å². The third-order valence-electron chi connectivity index (χ3n) is 5.43. The fourth-order valence-electron chi connectivity index (χ4n) is 3.58. The summed E-state index contributed by atoms with van der Waals surface area (Å²) in [6, 6.07) is 18.3. The summed E-state index contributed by atoms with van der Waals surface area (Å²) in [6.07, 6.45) is 1.53. The molecule has 3 heterocycles. The molecule has 0 aliphatic carbocycles. The number of thiophene rings is 1. The zero-order valence-electron chi connectivity index (χ0n) is 18.6. The van der Waals surface area contributed by atoms with Crippen molar-refractivity contribution in [1.82, 2.24) is 5.32 Å². The highest BCUT2D eigenvalue weighted by Gasteiger charge is 2.19. The Kier molecular flexibility index (Phi) is 6.44. The van der Waals surface area contributed by atoms with Crippen LogP contribution in [0, 0.1) is 0 Å². The van der Waals surface area contributed by atoms with Crippen LogP contribution >= 0.6 is 22.9 Å². The molecule has 184 valence electrons. The number of benzene rings is 2. The first kappa shape index (κ1) is 23.9. The van der Waals surface area contributed by atoms with E-state index < -0.39 is 10.0 Å². The van der Waals surface area contributed by atoms with E-state index in [1.807, 2.05) is 0 Å². The lowest BCUT2D eigenvalue weighted by atomic mass is 10.2. The van der Waals surface area contributed by atoms with Crippen LogP contribution in [0.4, 0.5) is 11.4 Å². The lowest BCUT2D eigenvalue weighted by Gasteiger charge is -2.24. The van der Waals surface area contributed by atoms with E-state index in [0.717, 1.165) is 17.0 Å². The number of hydrogen-bond donors (Lipinski definition) is 3. The Hall–Kier alpha value is -3.80. The fourth-order valence-corrected chi connectivity index (χ4v) is 6.06.